The maximum Gasteiger partial charge on any atom is 0.407 e. The molecule has 2 N–H and O–H groups in total. The van der Waals surface area contributed by atoms with Crippen LogP contribution in [0, 0.1) is 46.3 Å². The molecule has 2 aromatic rings. The van der Waals surface area contributed by atoms with Crippen molar-refractivity contribution >= 4 is 40.3 Å². The van der Waals surface area contributed by atoms with E-state index < -0.39 is 6.09 Å². The molecule has 10 heteroatoms. The number of alkyl carbamates (subject to hydrolysis) is 1. The average molecular weight is 837 g/mol. The number of nitrogens with zero attached hydrogens (tertiary/aromatic N) is 2. The highest BCUT2D eigenvalue weighted by atomic mass is 16.6. The van der Waals surface area contributed by atoms with Gasteiger partial charge in [0.25, 0.3) is 11.8 Å². The Kier molecular flexibility index (Phi) is 13.2. The summed E-state index contributed by atoms with van der Waals surface area (Å²) in [5.74, 6) is 4.10. The number of benzene rings is 2. The molecule has 2 aliphatic heterocycles. The Balaban J connectivity index is 0.741. The van der Waals surface area contributed by atoms with E-state index in [1.54, 1.807) is 6.07 Å². The summed E-state index contributed by atoms with van der Waals surface area (Å²) in [4.78, 5) is 56.2. The smallest absolute Gasteiger partial charge is 0.407 e. The number of nitrogens with one attached hydrogen (secondary N) is 2. The van der Waals surface area contributed by atoms with E-state index in [1.165, 1.54) is 61.8 Å². The first-order valence-corrected chi connectivity index (χ1v) is 24.0. The molecule has 4 aliphatic carbocycles. The van der Waals surface area contributed by atoms with Crippen LogP contribution in [0.1, 0.15) is 145 Å². The molecule has 2 aromatic carbocycles. The van der Waals surface area contributed by atoms with Crippen molar-refractivity contribution in [3.8, 4) is 0 Å². The van der Waals surface area contributed by atoms with Crippen LogP contribution in [0.3, 0.4) is 0 Å². The zero-order valence-electron chi connectivity index (χ0n) is 37.7. The first kappa shape index (κ1) is 43.7. The van der Waals surface area contributed by atoms with Crippen LogP contribution in [-0.4, -0.2) is 80.8 Å². The number of morpholine rings is 1. The van der Waals surface area contributed by atoms with E-state index >= 15 is 0 Å². The summed E-state index contributed by atoms with van der Waals surface area (Å²) in [6, 6.07) is 9.51. The van der Waals surface area contributed by atoms with Crippen LogP contribution in [0.15, 0.2) is 42.0 Å². The Morgan fingerprint density at radius 2 is 1.66 bits per heavy atom. The van der Waals surface area contributed by atoms with Gasteiger partial charge in [-0.1, -0.05) is 77.7 Å². The van der Waals surface area contributed by atoms with Gasteiger partial charge < -0.3 is 25.0 Å². The third-order valence-corrected chi connectivity index (χ3v) is 16.6. The highest BCUT2D eigenvalue weighted by Gasteiger charge is 2.59. The fourth-order valence-electron chi connectivity index (χ4n) is 13.3. The van der Waals surface area contributed by atoms with E-state index in [-0.39, 0.29) is 48.8 Å². The van der Waals surface area contributed by atoms with Crippen molar-refractivity contribution in [2.45, 2.75) is 131 Å². The molecule has 0 radical (unpaired) electrons. The number of imide groups is 1. The zero-order valence-corrected chi connectivity index (χ0v) is 37.7. The summed E-state index contributed by atoms with van der Waals surface area (Å²) in [6.45, 7) is 16.2. The number of fused-ring (bicyclic) bond motifs is 5. The van der Waals surface area contributed by atoms with Crippen molar-refractivity contribution in [3.63, 3.8) is 0 Å². The first-order chi connectivity index (χ1) is 29.4. The minimum Gasteiger partial charge on any atom is -0.446 e. The SMILES string of the molecule is CC(C)CCC[C@@H](C)[C@H]1CC[C@H]2[C@@H]3CC=C4C[C@@H](OC(=O)NCCC(=O)NCCCCN5C(=O)c6cccc7c(N8CCOCC8)ccc(c67)C5=O)CC[C@]4(C)[C@H]3CC[C@]12C. The van der Waals surface area contributed by atoms with Crippen molar-refractivity contribution in [1.82, 2.24) is 15.5 Å². The van der Waals surface area contributed by atoms with E-state index in [0.29, 0.717) is 49.1 Å². The number of carbonyl (C=O) groups excluding carboxylic acids is 4. The number of anilines is 1. The average Bonchev–Trinajstić information content (AvgIpc) is 3.61. The van der Waals surface area contributed by atoms with Gasteiger partial charge in [0.1, 0.15) is 6.10 Å². The van der Waals surface area contributed by atoms with Gasteiger partial charge in [-0.2, -0.15) is 0 Å². The molecular weight excluding hydrogens is 765 g/mol. The predicted octanol–water partition coefficient (Wildman–Crippen LogP) is 9.70. The molecule has 8 rings (SSSR count). The molecular formula is C51H72N4O6. The van der Waals surface area contributed by atoms with Crippen LogP contribution in [0.5, 0.6) is 0 Å². The molecule has 0 unspecified atom stereocenters. The summed E-state index contributed by atoms with van der Waals surface area (Å²) < 4.78 is 11.5. The lowest BCUT2D eigenvalue weighted by molar-refractivity contribution is -0.120. The fourth-order valence-corrected chi connectivity index (χ4v) is 13.3. The number of allylic oxidation sites excluding steroid dienone is 1. The van der Waals surface area contributed by atoms with Crippen LogP contribution in [-0.2, 0) is 14.3 Å². The van der Waals surface area contributed by atoms with Crippen molar-refractivity contribution in [2.75, 3.05) is 50.8 Å². The second-order valence-electron chi connectivity index (χ2n) is 20.5. The summed E-state index contributed by atoms with van der Waals surface area (Å²) >= 11 is 0. The van der Waals surface area contributed by atoms with Gasteiger partial charge in [0, 0.05) is 73.2 Å². The van der Waals surface area contributed by atoms with Crippen molar-refractivity contribution in [1.29, 1.82) is 0 Å². The monoisotopic (exact) mass is 837 g/mol. The van der Waals surface area contributed by atoms with E-state index in [4.69, 9.17) is 9.47 Å². The quantitative estimate of drug-likeness (QED) is 0.104. The highest BCUT2D eigenvalue weighted by molar-refractivity contribution is 6.26. The molecule has 2 heterocycles. The van der Waals surface area contributed by atoms with Crippen LogP contribution in [0.25, 0.3) is 10.8 Å². The van der Waals surface area contributed by atoms with Crippen molar-refractivity contribution < 1.29 is 28.7 Å². The topological polar surface area (TPSA) is 117 Å². The summed E-state index contributed by atoms with van der Waals surface area (Å²) in [5.41, 5.74) is 4.31. The molecule has 4 amide bonds. The number of carbonyl (C=O) groups is 4. The molecule has 8 atom stereocenters. The molecule has 0 aromatic heterocycles. The highest BCUT2D eigenvalue weighted by Crippen LogP contribution is 2.67. The number of hydrogen-bond acceptors (Lipinski definition) is 7. The van der Waals surface area contributed by atoms with E-state index in [1.807, 2.05) is 24.3 Å². The van der Waals surface area contributed by atoms with E-state index in [9.17, 15) is 19.2 Å². The Labute approximate surface area is 364 Å². The normalized spacial score (nSPS) is 30.1. The van der Waals surface area contributed by atoms with Crippen LogP contribution in [0.2, 0.25) is 0 Å². The number of rotatable bonds is 15. The minimum atomic E-state index is -0.450. The molecule has 4 fully saturated rings. The summed E-state index contributed by atoms with van der Waals surface area (Å²) in [5, 5.41) is 7.37. The Hall–Kier alpha value is -3.92. The summed E-state index contributed by atoms with van der Waals surface area (Å²) in [6.07, 6.45) is 16.8. The van der Waals surface area contributed by atoms with E-state index in [2.05, 4.69) is 56.2 Å². The maximum atomic E-state index is 13.6. The van der Waals surface area contributed by atoms with Gasteiger partial charge in [-0.15, -0.1) is 0 Å². The Bertz CT molecular complexity index is 1970. The molecule has 0 bridgehead atoms. The maximum absolute atomic E-state index is 13.6. The molecule has 1 saturated heterocycles. The second kappa shape index (κ2) is 18.4. The third-order valence-electron chi connectivity index (χ3n) is 16.6. The Morgan fingerprint density at radius 1 is 0.869 bits per heavy atom. The summed E-state index contributed by atoms with van der Waals surface area (Å²) in [7, 11) is 0. The van der Waals surface area contributed by atoms with Gasteiger partial charge in [-0.05, 0) is 122 Å². The van der Waals surface area contributed by atoms with Gasteiger partial charge in [0.15, 0.2) is 0 Å². The predicted molar refractivity (Wildman–Crippen MR) is 241 cm³/mol. The van der Waals surface area contributed by atoms with Crippen LogP contribution < -0.4 is 15.5 Å². The Morgan fingerprint density at radius 3 is 2.44 bits per heavy atom. The number of hydrogen-bond donors (Lipinski definition) is 2. The molecule has 61 heavy (non-hydrogen) atoms. The number of amides is 4. The van der Waals surface area contributed by atoms with Gasteiger partial charge in [-0.25, -0.2) is 4.79 Å². The molecule has 6 aliphatic rings. The van der Waals surface area contributed by atoms with Crippen molar-refractivity contribution in [3.05, 3.63) is 53.1 Å². The zero-order chi connectivity index (χ0) is 42.9. The lowest BCUT2D eigenvalue weighted by atomic mass is 9.47. The van der Waals surface area contributed by atoms with Gasteiger partial charge >= 0.3 is 6.09 Å². The third kappa shape index (κ3) is 8.73. The lowest BCUT2D eigenvalue weighted by Gasteiger charge is -2.58. The molecule has 3 saturated carbocycles. The first-order valence-electron chi connectivity index (χ1n) is 24.0. The standard InChI is InChI=1S/C51H72N4O6/c1-33(2)10-8-11-34(3)41-17-18-42-37-15-14-35-32-36(20-23-50(35,4)43(37)21-24-51(41,42)5)61-49(59)53-26-22-45(56)52-25-6-7-27-55-47(57)39-13-9-12-38-44(54-28-30-60-31-29-54)19-16-40(46(38)39)48(55)58/h9,12-14,16,19,33-34,36-37,41-43H,6-8,10-11,15,17-18,20-32H2,1-5H3,(H,52,56)(H,53,59)/t34-,36+,37+,41-,42+,43+,50+,51-/m1/s1. The van der Waals surface area contributed by atoms with Crippen molar-refractivity contribution in [2.24, 2.45) is 46.3 Å². The second-order valence-corrected chi connectivity index (χ2v) is 20.5. The van der Waals surface area contributed by atoms with Crippen LogP contribution >= 0.6 is 0 Å². The molecule has 332 valence electrons. The lowest BCUT2D eigenvalue weighted by Crippen LogP contribution is -2.51. The van der Waals surface area contributed by atoms with Gasteiger partial charge in [0.05, 0.1) is 13.2 Å². The van der Waals surface area contributed by atoms with Gasteiger partial charge in [-0.3, -0.25) is 19.3 Å². The number of unbranched alkanes of at least 4 members (excludes halogenated alkanes) is 1. The van der Waals surface area contributed by atoms with E-state index in [0.717, 1.165) is 84.3 Å². The fraction of sp³-hybridized carbons (Fsp3) is 0.686. The largest absolute Gasteiger partial charge is 0.446 e. The van der Waals surface area contributed by atoms with Crippen LogP contribution in [0.4, 0.5) is 10.5 Å². The minimum absolute atomic E-state index is 0.131. The molecule has 0 spiro atoms. The van der Waals surface area contributed by atoms with Gasteiger partial charge in [0.2, 0.25) is 5.91 Å². The molecule has 10 nitrogen and oxygen atoms in total. The number of ether oxygens (including phenoxy) is 2.